The third-order valence-corrected chi connectivity index (χ3v) is 2.98. The maximum absolute atomic E-state index is 6.14. The molecule has 2 nitrogen and oxygen atoms in total. The SMILES string of the molecule is COc1ccc(Cl)c([C@H]2CCCN2)c1. The van der Waals surface area contributed by atoms with Crippen molar-refractivity contribution < 1.29 is 4.74 Å². The Morgan fingerprint density at radius 2 is 2.36 bits per heavy atom. The van der Waals surface area contributed by atoms with Crippen LogP contribution in [-0.2, 0) is 0 Å². The summed E-state index contributed by atoms with van der Waals surface area (Å²) in [6.45, 7) is 1.08. The summed E-state index contributed by atoms with van der Waals surface area (Å²) in [7, 11) is 1.68. The van der Waals surface area contributed by atoms with E-state index in [1.165, 1.54) is 6.42 Å². The Labute approximate surface area is 89.2 Å². The maximum Gasteiger partial charge on any atom is 0.119 e. The Bertz CT molecular complexity index is 321. The van der Waals surface area contributed by atoms with Crippen LogP contribution in [0.2, 0.25) is 5.02 Å². The minimum absolute atomic E-state index is 0.401. The maximum atomic E-state index is 6.14. The number of benzene rings is 1. The highest BCUT2D eigenvalue weighted by molar-refractivity contribution is 6.31. The second-order valence-corrected chi connectivity index (χ2v) is 3.94. The number of ether oxygens (including phenoxy) is 1. The predicted octanol–water partition coefficient (Wildman–Crippen LogP) is 2.77. The summed E-state index contributed by atoms with van der Waals surface area (Å²) < 4.78 is 5.18. The van der Waals surface area contributed by atoms with Crippen molar-refractivity contribution in [2.24, 2.45) is 0 Å². The Hall–Kier alpha value is -0.730. The molecule has 1 N–H and O–H groups in total. The van der Waals surface area contributed by atoms with Gasteiger partial charge in [0.25, 0.3) is 0 Å². The molecule has 1 aromatic rings. The minimum atomic E-state index is 0.401. The van der Waals surface area contributed by atoms with E-state index in [0.717, 1.165) is 29.3 Å². The molecule has 0 spiro atoms. The van der Waals surface area contributed by atoms with Crippen LogP contribution in [-0.4, -0.2) is 13.7 Å². The van der Waals surface area contributed by atoms with E-state index in [0.29, 0.717) is 6.04 Å². The smallest absolute Gasteiger partial charge is 0.119 e. The molecule has 0 saturated carbocycles. The van der Waals surface area contributed by atoms with Gasteiger partial charge in [0.2, 0.25) is 0 Å². The van der Waals surface area contributed by atoms with Crippen LogP contribution in [0.4, 0.5) is 0 Å². The van der Waals surface area contributed by atoms with Crippen molar-refractivity contribution in [1.82, 2.24) is 5.32 Å². The van der Waals surface area contributed by atoms with Crippen LogP contribution in [0.3, 0.4) is 0 Å². The summed E-state index contributed by atoms with van der Waals surface area (Å²) in [6, 6.07) is 6.21. The molecule has 0 amide bonds. The largest absolute Gasteiger partial charge is 0.497 e. The zero-order valence-corrected chi connectivity index (χ0v) is 8.97. The van der Waals surface area contributed by atoms with Crippen molar-refractivity contribution in [3.05, 3.63) is 28.8 Å². The van der Waals surface area contributed by atoms with Crippen molar-refractivity contribution in [1.29, 1.82) is 0 Å². The fourth-order valence-corrected chi connectivity index (χ4v) is 2.12. The molecule has 0 bridgehead atoms. The van der Waals surface area contributed by atoms with Gasteiger partial charge in [0.15, 0.2) is 0 Å². The predicted molar refractivity (Wildman–Crippen MR) is 58.0 cm³/mol. The normalized spacial score (nSPS) is 21.1. The van der Waals surface area contributed by atoms with Crippen LogP contribution in [0.25, 0.3) is 0 Å². The number of methoxy groups -OCH3 is 1. The van der Waals surface area contributed by atoms with E-state index in [9.17, 15) is 0 Å². The van der Waals surface area contributed by atoms with Crippen molar-refractivity contribution in [3.8, 4) is 5.75 Å². The Balaban J connectivity index is 2.29. The van der Waals surface area contributed by atoms with E-state index < -0.39 is 0 Å². The summed E-state index contributed by atoms with van der Waals surface area (Å²) in [6.07, 6.45) is 2.38. The van der Waals surface area contributed by atoms with Gasteiger partial charge < -0.3 is 10.1 Å². The van der Waals surface area contributed by atoms with E-state index in [-0.39, 0.29) is 0 Å². The molecule has 0 aromatic heterocycles. The molecule has 2 rings (SSSR count). The van der Waals surface area contributed by atoms with Crippen molar-refractivity contribution >= 4 is 11.6 Å². The van der Waals surface area contributed by atoms with Gasteiger partial charge in [0.05, 0.1) is 7.11 Å². The van der Waals surface area contributed by atoms with E-state index in [2.05, 4.69) is 5.32 Å². The standard InChI is InChI=1S/C11H14ClNO/c1-14-8-4-5-10(12)9(7-8)11-3-2-6-13-11/h4-5,7,11,13H,2-3,6H2,1H3/t11-/m1/s1. The summed E-state index contributed by atoms with van der Waals surface area (Å²) >= 11 is 6.14. The first-order valence-corrected chi connectivity index (χ1v) is 5.26. The van der Waals surface area contributed by atoms with E-state index in [1.54, 1.807) is 7.11 Å². The van der Waals surface area contributed by atoms with Crippen LogP contribution in [0.1, 0.15) is 24.4 Å². The monoisotopic (exact) mass is 211 g/mol. The van der Waals surface area contributed by atoms with Crippen molar-refractivity contribution in [3.63, 3.8) is 0 Å². The van der Waals surface area contributed by atoms with Gasteiger partial charge in [-0.05, 0) is 43.1 Å². The van der Waals surface area contributed by atoms with Gasteiger partial charge >= 0.3 is 0 Å². The van der Waals surface area contributed by atoms with Crippen LogP contribution in [0, 0.1) is 0 Å². The third kappa shape index (κ3) is 1.86. The fraction of sp³-hybridized carbons (Fsp3) is 0.455. The van der Waals surface area contributed by atoms with Crippen LogP contribution in [0.15, 0.2) is 18.2 Å². The van der Waals surface area contributed by atoms with Crippen LogP contribution < -0.4 is 10.1 Å². The Morgan fingerprint density at radius 3 is 3.00 bits per heavy atom. The van der Waals surface area contributed by atoms with Gasteiger partial charge in [-0.1, -0.05) is 11.6 Å². The topological polar surface area (TPSA) is 21.3 Å². The number of hydrogen-bond donors (Lipinski definition) is 1. The lowest BCUT2D eigenvalue weighted by Gasteiger charge is -2.13. The van der Waals surface area contributed by atoms with Gasteiger partial charge in [-0.15, -0.1) is 0 Å². The first-order chi connectivity index (χ1) is 6.81. The minimum Gasteiger partial charge on any atom is -0.497 e. The van der Waals surface area contributed by atoms with Crippen molar-refractivity contribution in [2.75, 3.05) is 13.7 Å². The molecule has 1 atom stereocenters. The number of rotatable bonds is 2. The van der Waals surface area contributed by atoms with Gasteiger partial charge in [-0.3, -0.25) is 0 Å². The number of nitrogens with one attached hydrogen (secondary N) is 1. The molecule has 0 unspecified atom stereocenters. The Morgan fingerprint density at radius 1 is 1.50 bits per heavy atom. The second-order valence-electron chi connectivity index (χ2n) is 3.54. The molecule has 1 saturated heterocycles. The highest BCUT2D eigenvalue weighted by atomic mass is 35.5. The summed E-state index contributed by atoms with van der Waals surface area (Å²) in [5.41, 5.74) is 1.16. The molecule has 1 fully saturated rings. The zero-order chi connectivity index (χ0) is 9.97. The molecule has 14 heavy (non-hydrogen) atoms. The lowest BCUT2D eigenvalue weighted by molar-refractivity contribution is 0.413. The highest BCUT2D eigenvalue weighted by Gasteiger charge is 2.18. The molecule has 76 valence electrons. The third-order valence-electron chi connectivity index (χ3n) is 2.64. The van der Waals surface area contributed by atoms with Crippen LogP contribution >= 0.6 is 11.6 Å². The first kappa shape index (κ1) is 9.81. The molecular formula is C11H14ClNO. The molecule has 1 heterocycles. The lowest BCUT2D eigenvalue weighted by atomic mass is 10.1. The van der Waals surface area contributed by atoms with Gasteiger partial charge in [-0.2, -0.15) is 0 Å². The molecule has 1 aliphatic heterocycles. The van der Waals surface area contributed by atoms with E-state index in [1.807, 2.05) is 18.2 Å². The molecule has 1 aromatic carbocycles. The quantitative estimate of drug-likeness (QED) is 0.813. The molecule has 0 radical (unpaired) electrons. The zero-order valence-electron chi connectivity index (χ0n) is 8.22. The summed E-state index contributed by atoms with van der Waals surface area (Å²) in [5, 5.41) is 4.25. The second kappa shape index (κ2) is 4.20. The van der Waals surface area contributed by atoms with Gasteiger partial charge in [0.1, 0.15) is 5.75 Å². The molecule has 0 aliphatic carbocycles. The van der Waals surface area contributed by atoms with Crippen LogP contribution in [0.5, 0.6) is 5.75 Å². The van der Waals surface area contributed by atoms with E-state index in [4.69, 9.17) is 16.3 Å². The average molecular weight is 212 g/mol. The average Bonchev–Trinajstić information content (AvgIpc) is 2.71. The van der Waals surface area contributed by atoms with Crippen molar-refractivity contribution in [2.45, 2.75) is 18.9 Å². The lowest BCUT2D eigenvalue weighted by Crippen LogP contribution is -2.13. The molecular weight excluding hydrogens is 198 g/mol. The van der Waals surface area contributed by atoms with E-state index >= 15 is 0 Å². The summed E-state index contributed by atoms with van der Waals surface area (Å²) in [5.74, 6) is 0.873. The number of halogens is 1. The first-order valence-electron chi connectivity index (χ1n) is 4.88. The molecule has 3 heteroatoms. The van der Waals surface area contributed by atoms with Gasteiger partial charge in [0, 0.05) is 11.1 Å². The fourth-order valence-electron chi connectivity index (χ4n) is 1.87. The Kier molecular flexibility index (Phi) is 2.94. The highest BCUT2D eigenvalue weighted by Crippen LogP contribution is 2.31. The van der Waals surface area contributed by atoms with Gasteiger partial charge in [-0.25, -0.2) is 0 Å². The number of hydrogen-bond acceptors (Lipinski definition) is 2. The summed E-state index contributed by atoms with van der Waals surface area (Å²) in [4.78, 5) is 0. The molecule has 1 aliphatic rings.